The van der Waals surface area contributed by atoms with Gasteiger partial charge in [0.15, 0.2) is 5.71 Å². The first-order valence-corrected chi connectivity index (χ1v) is 21.9. The van der Waals surface area contributed by atoms with Crippen molar-refractivity contribution in [3.05, 3.63) is 120 Å². The zero-order chi connectivity index (χ0) is 37.1. The van der Waals surface area contributed by atoms with Crippen molar-refractivity contribution in [2.24, 2.45) is 11.8 Å². The minimum atomic E-state index is -0.118. The van der Waals surface area contributed by atoms with Crippen LogP contribution in [0.2, 0.25) is 0 Å². The second-order valence-corrected chi connectivity index (χ2v) is 18.0. The average molecular weight is 718 g/mol. The normalized spacial score (nSPS) is 22.4. The molecule has 1 unspecified atom stereocenters. The first kappa shape index (κ1) is 37.0. The van der Waals surface area contributed by atoms with Gasteiger partial charge >= 0.3 is 0 Å². The van der Waals surface area contributed by atoms with Crippen molar-refractivity contribution in [1.29, 1.82) is 0 Å². The lowest BCUT2D eigenvalue weighted by Gasteiger charge is -2.30. The zero-order valence-corrected chi connectivity index (χ0v) is 33.9. The number of allylic oxidation sites excluding steroid dienone is 6. The largest absolute Gasteiger partial charge is 0.344 e. The molecule has 4 aromatic carbocycles. The van der Waals surface area contributed by atoms with Crippen LogP contribution in [0.4, 0.5) is 11.4 Å². The molecule has 2 heteroatoms. The van der Waals surface area contributed by atoms with Crippen molar-refractivity contribution < 1.29 is 4.58 Å². The molecule has 2 saturated carbocycles. The highest BCUT2D eigenvalue weighted by molar-refractivity contribution is 6.07. The molecule has 54 heavy (non-hydrogen) atoms. The molecule has 0 aromatic heterocycles. The molecule has 0 spiro atoms. The molecule has 2 nitrogen and oxygen atoms in total. The first-order chi connectivity index (χ1) is 26.4. The molecule has 2 heterocycles. The molecular weight excluding hydrogens is 653 g/mol. The number of rotatable bonds is 14. The van der Waals surface area contributed by atoms with Crippen LogP contribution in [-0.4, -0.2) is 23.4 Å². The number of unbranched alkanes of at least 4 members (excludes halogenated alkanes) is 2. The van der Waals surface area contributed by atoms with E-state index in [1.54, 1.807) is 0 Å². The van der Waals surface area contributed by atoms with Crippen LogP contribution < -0.4 is 4.90 Å². The van der Waals surface area contributed by atoms with Gasteiger partial charge in [0.2, 0.25) is 5.69 Å². The molecule has 282 valence electrons. The molecule has 1 atom stereocenters. The van der Waals surface area contributed by atoms with Crippen LogP contribution in [0.3, 0.4) is 0 Å². The summed E-state index contributed by atoms with van der Waals surface area (Å²) in [5.74, 6) is 1.91. The Morgan fingerprint density at radius 2 is 1.31 bits per heavy atom. The molecule has 0 saturated heterocycles. The fourth-order valence-electron chi connectivity index (χ4n) is 11.2. The number of hydrogen-bond acceptors (Lipinski definition) is 1. The van der Waals surface area contributed by atoms with Crippen LogP contribution in [-0.2, 0) is 10.8 Å². The molecule has 8 rings (SSSR count). The van der Waals surface area contributed by atoms with E-state index in [2.05, 4.69) is 140 Å². The fraction of sp³-hybridized carbons (Fsp3) is 0.481. The van der Waals surface area contributed by atoms with Crippen LogP contribution in [0.5, 0.6) is 0 Å². The molecule has 2 aliphatic carbocycles. The summed E-state index contributed by atoms with van der Waals surface area (Å²) in [6, 6.07) is 27.7. The maximum atomic E-state index is 2.72. The second kappa shape index (κ2) is 16.1. The Kier molecular flexibility index (Phi) is 11.0. The van der Waals surface area contributed by atoms with E-state index in [0.717, 1.165) is 31.3 Å². The van der Waals surface area contributed by atoms with Gasteiger partial charge < -0.3 is 4.90 Å². The molecule has 0 bridgehead atoms. The molecule has 2 aliphatic heterocycles. The Bertz CT molecular complexity index is 2080. The van der Waals surface area contributed by atoms with Gasteiger partial charge in [-0.25, -0.2) is 0 Å². The van der Waals surface area contributed by atoms with E-state index in [1.165, 1.54) is 145 Å². The summed E-state index contributed by atoms with van der Waals surface area (Å²) in [5, 5.41) is 5.50. The SMILES string of the molecule is C/C=C/CC1(C)/C(=C\C=C\C2=[N+](CCCCC3CCCC3)c3ccc4ccccc4c3C2(C)C)N(CCCCC2CCCC2)c2ccc3ccccc3c21. The van der Waals surface area contributed by atoms with Crippen molar-refractivity contribution in [2.45, 2.75) is 135 Å². The molecule has 2 fully saturated rings. The minimum Gasteiger partial charge on any atom is -0.344 e. The zero-order valence-electron chi connectivity index (χ0n) is 33.9. The lowest BCUT2D eigenvalue weighted by atomic mass is 9.76. The smallest absolute Gasteiger partial charge is 0.210 e. The third kappa shape index (κ3) is 7.04. The van der Waals surface area contributed by atoms with Crippen LogP contribution >= 0.6 is 0 Å². The van der Waals surface area contributed by atoms with Crippen LogP contribution in [0.15, 0.2) is 109 Å². The van der Waals surface area contributed by atoms with E-state index < -0.39 is 0 Å². The Hall–Kier alpha value is -3.91. The predicted molar refractivity (Wildman–Crippen MR) is 234 cm³/mol. The lowest BCUT2D eigenvalue weighted by molar-refractivity contribution is -0.438. The predicted octanol–water partition coefficient (Wildman–Crippen LogP) is 14.3. The summed E-state index contributed by atoms with van der Waals surface area (Å²) in [6.07, 6.45) is 32.6. The molecule has 4 aliphatic rings. The summed E-state index contributed by atoms with van der Waals surface area (Å²) in [5.41, 5.74) is 8.49. The van der Waals surface area contributed by atoms with Gasteiger partial charge in [-0.3, -0.25) is 0 Å². The number of fused-ring (bicyclic) bond motifs is 6. The van der Waals surface area contributed by atoms with E-state index in [-0.39, 0.29) is 10.8 Å². The van der Waals surface area contributed by atoms with Crippen molar-refractivity contribution in [3.63, 3.8) is 0 Å². The highest BCUT2D eigenvalue weighted by Crippen LogP contribution is 2.53. The van der Waals surface area contributed by atoms with Crippen molar-refractivity contribution in [1.82, 2.24) is 0 Å². The number of nitrogens with zero attached hydrogens (tertiary/aromatic N) is 2. The second-order valence-electron chi connectivity index (χ2n) is 18.0. The molecule has 0 amide bonds. The van der Waals surface area contributed by atoms with Gasteiger partial charge in [-0.15, -0.1) is 0 Å². The fourth-order valence-corrected chi connectivity index (χ4v) is 11.2. The molecule has 4 aromatic rings. The third-order valence-electron chi connectivity index (χ3n) is 14.1. The average Bonchev–Trinajstić information content (AvgIpc) is 3.99. The van der Waals surface area contributed by atoms with E-state index in [1.807, 2.05) is 0 Å². The topological polar surface area (TPSA) is 6.25 Å². The summed E-state index contributed by atoms with van der Waals surface area (Å²) in [7, 11) is 0. The van der Waals surface area contributed by atoms with E-state index >= 15 is 0 Å². The quantitative estimate of drug-likeness (QED) is 0.0715. The number of hydrogen-bond donors (Lipinski definition) is 0. The molecule has 0 radical (unpaired) electrons. The Labute approximate surface area is 326 Å². The standard InChI is InChI=1S/C52H65N2/c1-5-6-36-52(4)48(54(38-18-16-25-40-22-9-10-23-40)46-35-33-42-27-12-14-29-44(42)50(46)52)31-19-30-47-51(2,3)49-43-28-13-11-26-41(43)32-34-45(49)53(47)37-17-15-24-39-20-7-8-21-39/h5-6,11-14,19,26-35,39-40H,7-10,15-18,20-25,36-38H2,1-4H3/q+1/b6-5+. The van der Waals surface area contributed by atoms with Gasteiger partial charge in [-0.05, 0) is 104 Å². The minimum absolute atomic E-state index is 0.0975. The van der Waals surface area contributed by atoms with Crippen molar-refractivity contribution >= 4 is 38.6 Å². The monoisotopic (exact) mass is 718 g/mol. The van der Waals surface area contributed by atoms with Gasteiger partial charge in [0.05, 0.1) is 5.41 Å². The maximum absolute atomic E-state index is 2.72. The molecular formula is C52H65N2+. The summed E-state index contributed by atoms with van der Waals surface area (Å²) in [4.78, 5) is 2.72. The lowest BCUT2D eigenvalue weighted by Crippen LogP contribution is -2.29. The van der Waals surface area contributed by atoms with Crippen molar-refractivity contribution in [3.8, 4) is 0 Å². The van der Waals surface area contributed by atoms with Crippen LogP contribution in [0, 0.1) is 11.8 Å². The van der Waals surface area contributed by atoms with Gasteiger partial charge in [-0.2, -0.15) is 4.58 Å². The number of benzene rings is 4. The number of anilines is 1. The van der Waals surface area contributed by atoms with E-state index in [4.69, 9.17) is 0 Å². The molecule has 0 N–H and O–H groups in total. The summed E-state index contributed by atoms with van der Waals surface area (Å²) >= 11 is 0. The van der Waals surface area contributed by atoms with Crippen molar-refractivity contribution in [2.75, 3.05) is 18.0 Å². The highest BCUT2D eigenvalue weighted by Gasteiger charge is 2.46. The Morgan fingerprint density at radius 1 is 0.704 bits per heavy atom. The van der Waals surface area contributed by atoms with Crippen LogP contribution in [0.25, 0.3) is 21.5 Å². The van der Waals surface area contributed by atoms with Gasteiger partial charge in [0.1, 0.15) is 6.54 Å². The highest BCUT2D eigenvalue weighted by atomic mass is 15.2. The summed E-state index contributed by atoms with van der Waals surface area (Å²) in [6.45, 7) is 11.8. The first-order valence-electron chi connectivity index (χ1n) is 21.9. The summed E-state index contributed by atoms with van der Waals surface area (Å²) < 4.78 is 2.70. The Balaban J connectivity index is 1.17. The van der Waals surface area contributed by atoms with E-state index in [0.29, 0.717) is 0 Å². The Morgan fingerprint density at radius 3 is 1.98 bits per heavy atom. The van der Waals surface area contributed by atoms with Crippen LogP contribution in [0.1, 0.15) is 135 Å². The van der Waals surface area contributed by atoms with Gasteiger partial charge in [0.25, 0.3) is 0 Å². The van der Waals surface area contributed by atoms with Gasteiger partial charge in [-0.1, -0.05) is 143 Å². The van der Waals surface area contributed by atoms with E-state index in [9.17, 15) is 0 Å². The van der Waals surface area contributed by atoms with Gasteiger partial charge in [0, 0.05) is 47.5 Å². The maximum Gasteiger partial charge on any atom is 0.210 e. The third-order valence-corrected chi connectivity index (χ3v) is 14.1.